The second kappa shape index (κ2) is 2.82. The molecule has 1 N–H and O–H groups in total. The van der Waals surface area contributed by atoms with E-state index in [2.05, 4.69) is 10.3 Å². The summed E-state index contributed by atoms with van der Waals surface area (Å²) < 4.78 is 0. The van der Waals surface area contributed by atoms with Crippen LogP contribution in [0.3, 0.4) is 0 Å². The van der Waals surface area contributed by atoms with Crippen molar-refractivity contribution in [3.63, 3.8) is 0 Å². The summed E-state index contributed by atoms with van der Waals surface area (Å²) in [4.78, 5) is 25.1. The third-order valence-electron chi connectivity index (χ3n) is 1.62. The Labute approximate surface area is 74.3 Å². The number of nitrogens with zero attached hydrogens (tertiary/aromatic N) is 1. The molecule has 0 aliphatic carbocycles. The molecule has 4 nitrogen and oxygen atoms in total. The average molecular weight is 174 g/mol. The van der Waals surface area contributed by atoms with Gasteiger partial charge in [-0.25, -0.2) is 4.99 Å². The number of carbonyl (C=O) groups is 2. The van der Waals surface area contributed by atoms with Gasteiger partial charge in [-0.1, -0.05) is 0 Å². The third kappa shape index (κ3) is 1.61. The van der Waals surface area contributed by atoms with Gasteiger partial charge in [-0.3, -0.25) is 9.59 Å². The van der Waals surface area contributed by atoms with Crippen LogP contribution < -0.4 is 5.32 Å². The number of allylic oxidation sites excluding steroid dienone is 3. The zero-order chi connectivity index (χ0) is 9.26. The van der Waals surface area contributed by atoms with E-state index in [9.17, 15) is 9.59 Å². The molecular formula is C9H6N2O2. The highest BCUT2D eigenvalue weighted by Crippen LogP contribution is 2.04. The number of rotatable bonds is 1. The van der Waals surface area contributed by atoms with Crippen molar-refractivity contribution in [1.82, 2.24) is 5.32 Å². The van der Waals surface area contributed by atoms with Crippen molar-refractivity contribution < 1.29 is 9.59 Å². The van der Waals surface area contributed by atoms with Crippen LogP contribution in [0.1, 0.15) is 0 Å². The fraction of sp³-hybridized carbons (Fsp3) is 0. The maximum absolute atomic E-state index is 10.7. The number of hydrogen-bond acceptors (Lipinski definition) is 2. The largest absolute Gasteiger partial charge is 0.322 e. The Hall–Kier alpha value is -1.97. The molecule has 0 spiro atoms. The lowest BCUT2D eigenvalue weighted by Gasteiger charge is -1.93. The summed E-state index contributed by atoms with van der Waals surface area (Å²) in [5.74, 6) is -0.416. The topological polar surface area (TPSA) is 58.5 Å². The molecule has 0 bridgehead atoms. The molecular weight excluding hydrogens is 168 g/mol. The van der Waals surface area contributed by atoms with E-state index in [-0.39, 0.29) is 11.8 Å². The summed E-state index contributed by atoms with van der Waals surface area (Å²) in [5, 5.41) is 2.58. The monoisotopic (exact) mass is 174 g/mol. The zero-order valence-corrected chi connectivity index (χ0v) is 6.65. The Morgan fingerprint density at radius 2 is 2.00 bits per heavy atom. The Morgan fingerprint density at radius 1 is 1.15 bits per heavy atom. The molecule has 0 saturated carbocycles. The minimum Gasteiger partial charge on any atom is -0.322 e. The first-order valence-electron chi connectivity index (χ1n) is 3.75. The van der Waals surface area contributed by atoms with Crippen LogP contribution in [0.2, 0.25) is 0 Å². The smallest absolute Gasteiger partial charge is 0.270 e. The van der Waals surface area contributed by atoms with Gasteiger partial charge in [0.15, 0.2) is 0 Å². The second-order valence-electron chi connectivity index (χ2n) is 2.63. The van der Waals surface area contributed by atoms with E-state index in [0.717, 1.165) is 0 Å². The summed E-state index contributed by atoms with van der Waals surface area (Å²) in [5.41, 5.74) is 1.22. The predicted molar refractivity (Wildman–Crippen MR) is 46.9 cm³/mol. The van der Waals surface area contributed by atoms with Crippen LogP contribution in [0.5, 0.6) is 0 Å². The first kappa shape index (κ1) is 7.67. The highest BCUT2D eigenvalue weighted by atomic mass is 16.2. The van der Waals surface area contributed by atoms with Gasteiger partial charge in [0.1, 0.15) is 0 Å². The molecule has 0 saturated heterocycles. The first-order valence-corrected chi connectivity index (χ1v) is 3.75. The van der Waals surface area contributed by atoms with E-state index in [1.807, 2.05) is 0 Å². The SMILES string of the molecule is O=C1C=CC(/C=C2\C=CC(=O)N2)=N1. The summed E-state index contributed by atoms with van der Waals surface area (Å²) in [6.07, 6.45) is 7.69. The summed E-state index contributed by atoms with van der Waals surface area (Å²) in [6.45, 7) is 0. The molecule has 0 aromatic rings. The number of aliphatic imine (C=N–C) groups is 1. The van der Waals surface area contributed by atoms with E-state index < -0.39 is 0 Å². The van der Waals surface area contributed by atoms with Crippen LogP contribution >= 0.6 is 0 Å². The normalized spacial score (nSPS) is 22.8. The van der Waals surface area contributed by atoms with Crippen molar-refractivity contribution in [2.75, 3.05) is 0 Å². The Bertz CT molecular complexity index is 400. The van der Waals surface area contributed by atoms with Gasteiger partial charge < -0.3 is 5.32 Å². The van der Waals surface area contributed by atoms with Crippen LogP contribution in [0.4, 0.5) is 0 Å². The van der Waals surface area contributed by atoms with Crippen LogP contribution in [-0.4, -0.2) is 17.5 Å². The van der Waals surface area contributed by atoms with Gasteiger partial charge >= 0.3 is 0 Å². The number of nitrogens with one attached hydrogen (secondary N) is 1. The molecule has 13 heavy (non-hydrogen) atoms. The quantitative estimate of drug-likeness (QED) is 0.612. The van der Waals surface area contributed by atoms with Gasteiger partial charge in [-0.05, 0) is 18.2 Å². The molecule has 0 atom stereocenters. The van der Waals surface area contributed by atoms with Gasteiger partial charge in [-0.15, -0.1) is 0 Å². The molecule has 2 rings (SSSR count). The van der Waals surface area contributed by atoms with Crippen molar-refractivity contribution in [1.29, 1.82) is 0 Å². The van der Waals surface area contributed by atoms with E-state index in [0.29, 0.717) is 11.4 Å². The maximum Gasteiger partial charge on any atom is 0.270 e. The summed E-state index contributed by atoms with van der Waals surface area (Å²) in [6, 6.07) is 0. The molecule has 64 valence electrons. The lowest BCUT2D eigenvalue weighted by atomic mass is 10.3. The van der Waals surface area contributed by atoms with Crippen molar-refractivity contribution in [2.24, 2.45) is 4.99 Å². The maximum atomic E-state index is 10.7. The second-order valence-corrected chi connectivity index (χ2v) is 2.63. The number of carbonyl (C=O) groups excluding carboxylic acids is 2. The highest BCUT2D eigenvalue weighted by Gasteiger charge is 2.09. The van der Waals surface area contributed by atoms with Crippen LogP contribution in [-0.2, 0) is 9.59 Å². The molecule has 2 aliphatic heterocycles. The number of hydrogen-bond donors (Lipinski definition) is 1. The zero-order valence-electron chi connectivity index (χ0n) is 6.65. The highest BCUT2D eigenvalue weighted by molar-refractivity contribution is 6.18. The molecule has 4 heteroatoms. The summed E-state index contributed by atoms with van der Waals surface area (Å²) in [7, 11) is 0. The minimum atomic E-state index is -0.264. The molecule has 2 heterocycles. The van der Waals surface area contributed by atoms with Gasteiger partial charge in [0.05, 0.1) is 5.71 Å². The fourth-order valence-electron chi connectivity index (χ4n) is 1.07. The van der Waals surface area contributed by atoms with Crippen LogP contribution in [0, 0.1) is 0 Å². The van der Waals surface area contributed by atoms with Crippen molar-refractivity contribution in [3.05, 3.63) is 36.1 Å². The third-order valence-corrected chi connectivity index (χ3v) is 1.62. The lowest BCUT2D eigenvalue weighted by Crippen LogP contribution is -2.13. The Kier molecular flexibility index (Phi) is 1.66. The number of amides is 2. The van der Waals surface area contributed by atoms with Gasteiger partial charge in [-0.2, -0.15) is 0 Å². The van der Waals surface area contributed by atoms with Crippen LogP contribution in [0.15, 0.2) is 41.1 Å². The van der Waals surface area contributed by atoms with Gasteiger partial charge in [0.2, 0.25) is 5.91 Å². The van der Waals surface area contributed by atoms with Gasteiger partial charge in [0.25, 0.3) is 5.91 Å². The van der Waals surface area contributed by atoms with Gasteiger partial charge in [0, 0.05) is 17.8 Å². The minimum absolute atomic E-state index is 0.153. The first-order chi connectivity index (χ1) is 6.24. The molecule has 0 radical (unpaired) electrons. The fourth-order valence-corrected chi connectivity index (χ4v) is 1.07. The molecule has 0 aromatic heterocycles. The Morgan fingerprint density at radius 3 is 2.54 bits per heavy atom. The molecule has 0 aromatic carbocycles. The van der Waals surface area contributed by atoms with Crippen molar-refractivity contribution in [3.8, 4) is 0 Å². The van der Waals surface area contributed by atoms with Crippen LogP contribution in [0.25, 0.3) is 0 Å². The van der Waals surface area contributed by atoms with E-state index in [1.54, 1.807) is 18.2 Å². The molecule has 0 unspecified atom stereocenters. The van der Waals surface area contributed by atoms with E-state index >= 15 is 0 Å². The van der Waals surface area contributed by atoms with Crippen molar-refractivity contribution >= 4 is 17.5 Å². The summed E-state index contributed by atoms with van der Waals surface area (Å²) >= 11 is 0. The lowest BCUT2D eigenvalue weighted by molar-refractivity contribution is -0.115. The molecule has 2 amide bonds. The average Bonchev–Trinajstić information content (AvgIpc) is 2.62. The standard InChI is InChI=1S/C9H6N2O2/c12-8-3-1-6(10-8)5-7-2-4-9(13)11-7/h1-5H,(H,10,12)/b6-5+. The van der Waals surface area contributed by atoms with Crippen molar-refractivity contribution in [2.45, 2.75) is 0 Å². The predicted octanol–water partition coefficient (Wildman–Crippen LogP) is 0.0937. The Balaban J connectivity index is 2.18. The molecule has 2 aliphatic rings. The van der Waals surface area contributed by atoms with E-state index in [1.165, 1.54) is 12.2 Å². The van der Waals surface area contributed by atoms with E-state index in [4.69, 9.17) is 0 Å². The molecule has 0 fully saturated rings.